The highest BCUT2D eigenvalue weighted by atomic mass is 79.9. The summed E-state index contributed by atoms with van der Waals surface area (Å²) in [6.07, 6.45) is 0. The molecule has 0 spiro atoms. The van der Waals surface area contributed by atoms with Crippen LogP contribution in [0.1, 0.15) is 33.9 Å². The van der Waals surface area contributed by atoms with Crippen molar-refractivity contribution in [2.75, 3.05) is 7.05 Å². The molecule has 0 fully saturated rings. The molecule has 2 rings (SSSR count). The number of benzene rings is 2. The van der Waals surface area contributed by atoms with E-state index in [1.165, 1.54) is 22.3 Å². The highest BCUT2D eigenvalue weighted by Crippen LogP contribution is 2.32. The van der Waals surface area contributed by atoms with Crippen molar-refractivity contribution in [1.82, 2.24) is 5.32 Å². The zero-order chi connectivity index (χ0) is 14.9. The van der Waals surface area contributed by atoms with Gasteiger partial charge in [0, 0.05) is 9.50 Å². The van der Waals surface area contributed by atoms with Crippen LogP contribution in [-0.2, 0) is 0 Å². The Morgan fingerprint density at radius 2 is 1.60 bits per heavy atom. The van der Waals surface area contributed by atoms with Crippen LogP contribution in [0.3, 0.4) is 0 Å². The first-order valence-electron chi connectivity index (χ1n) is 6.64. The van der Waals surface area contributed by atoms with Gasteiger partial charge in [0.25, 0.3) is 0 Å². The van der Waals surface area contributed by atoms with Crippen LogP contribution in [-0.4, -0.2) is 7.05 Å². The van der Waals surface area contributed by atoms with Gasteiger partial charge in [-0.25, -0.2) is 0 Å². The fourth-order valence-corrected chi connectivity index (χ4v) is 3.27. The third kappa shape index (κ3) is 3.08. The first-order chi connectivity index (χ1) is 9.43. The lowest BCUT2D eigenvalue weighted by Gasteiger charge is -2.22. The lowest BCUT2D eigenvalue weighted by atomic mass is 9.93. The van der Waals surface area contributed by atoms with Crippen LogP contribution in [0.25, 0.3) is 0 Å². The molecule has 0 aliphatic rings. The van der Waals surface area contributed by atoms with Gasteiger partial charge in [-0.2, -0.15) is 0 Å². The molecule has 2 aromatic rings. The number of halogens is 2. The van der Waals surface area contributed by atoms with Crippen LogP contribution in [0, 0.1) is 20.8 Å². The normalized spacial score (nSPS) is 12.5. The van der Waals surface area contributed by atoms with Gasteiger partial charge in [0.2, 0.25) is 0 Å². The highest BCUT2D eigenvalue weighted by Gasteiger charge is 2.18. The van der Waals surface area contributed by atoms with Crippen molar-refractivity contribution >= 4 is 27.5 Å². The summed E-state index contributed by atoms with van der Waals surface area (Å²) in [5, 5.41) is 4.20. The van der Waals surface area contributed by atoms with Crippen molar-refractivity contribution in [3.05, 3.63) is 67.6 Å². The van der Waals surface area contributed by atoms with Crippen molar-refractivity contribution < 1.29 is 0 Å². The molecule has 0 saturated carbocycles. The Labute approximate surface area is 134 Å². The van der Waals surface area contributed by atoms with Gasteiger partial charge in [0.05, 0.1) is 6.04 Å². The molecule has 1 nitrogen and oxygen atoms in total. The molecule has 0 radical (unpaired) electrons. The zero-order valence-electron chi connectivity index (χ0n) is 12.2. The molecule has 1 N–H and O–H groups in total. The molecule has 0 amide bonds. The van der Waals surface area contributed by atoms with Gasteiger partial charge in [0.1, 0.15) is 0 Å². The molecule has 0 bridgehead atoms. The van der Waals surface area contributed by atoms with Gasteiger partial charge >= 0.3 is 0 Å². The number of hydrogen-bond donors (Lipinski definition) is 1. The summed E-state index contributed by atoms with van der Waals surface area (Å²) in [4.78, 5) is 0. The van der Waals surface area contributed by atoms with Crippen LogP contribution in [0.15, 0.2) is 34.8 Å². The number of aryl methyl sites for hydroxylation is 3. The standard InChI is InChI=1S/C17H19BrClN/c1-10-8-15(16(19)9-11(10)2)17(20-4)14-6-5-13(18)7-12(14)3/h5-9,17,20H,1-4H3. The maximum Gasteiger partial charge on any atom is 0.0591 e. The Morgan fingerprint density at radius 1 is 0.950 bits per heavy atom. The van der Waals surface area contributed by atoms with Gasteiger partial charge < -0.3 is 5.32 Å². The van der Waals surface area contributed by atoms with E-state index in [9.17, 15) is 0 Å². The quantitative estimate of drug-likeness (QED) is 0.786. The number of hydrogen-bond acceptors (Lipinski definition) is 1. The SMILES string of the molecule is CNC(c1ccc(Br)cc1C)c1cc(C)c(C)cc1Cl. The summed E-state index contributed by atoms with van der Waals surface area (Å²) >= 11 is 9.97. The second-order valence-electron chi connectivity index (χ2n) is 5.18. The van der Waals surface area contributed by atoms with Crippen LogP contribution >= 0.6 is 27.5 Å². The summed E-state index contributed by atoms with van der Waals surface area (Å²) in [5.41, 5.74) is 6.11. The van der Waals surface area contributed by atoms with E-state index in [2.05, 4.69) is 66.3 Å². The Morgan fingerprint density at radius 3 is 2.20 bits per heavy atom. The monoisotopic (exact) mass is 351 g/mol. The molecule has 0 aromatic heterocycles. The molecule has 0 saturated heterocycles. The minimum absolute atomic E-state index is 0.106. The summed E-state index contributed by atoms with van der Waals surface area (Å²) in [6, 6.07) is 10.7. The van der Waals surface area contributed by atoms with E-state index < -0.39 is 0 Å². The number of rotatable bonds is 3. The van der Waals surface area contributed by atoms with E-state index in [-0.39, 0.29) is 6.04 Å². The fraction of sp³-hybridized carbons (Fsp3) is 0.294. The van der Waals surface area contributed by atoms with Crippen LogP contribution in [0.5, 0.6) is 0 Å². The Hall–Kier alpha value is -0.830. The average Bonchev–Trinajstić information content (AvgIpc) is 2.38. The molecule has 20 heavy (non-hydrogen) atoms. The maximum atomic E-state index is 6.46. The third-order valence-electron chi connectivity index (χ3n) is 3.76. The van der Waals surface area contributed by atoms with Crippen LogP contribution in [0.4, 0.5) is 0 Å². The smallest absolute Gasteiger partial charge is 0.0591 e. The first-order valence-corrected chi connectivity index (χ1v) is 7.81. The molecule has 1 unspecified atom stereocenters. The van der Waals surface area contributed by atoms with Gasteiger partial charge in [0.15, 0.2) is 0 Å². The van der Waals surface area contributed by atoms with Crippen molar-refractivity contribution in [2.24, 2.45) is 0 Å². The molecular formula is C17H19BrClN. The van der Waals surface area contributed by atoms with E-state index in [0.29, 0.717) is 0 Å². The molecule has 1 atom stereocenters. The van der Waals surface area contributed by atoms with Gasteiger partial charge in [-0.05, 0) is 73.8 Å². The molecule has 106 valence electrons. The largest absolute Gasteiger partial charge is 0.309 e. The third-order valence-corrected chi connectivity index (χ3v) is 4.58. The van der Waals surface area contributed by atoms with E-state index >= 15 is 0 Å². The van der Waals surface area contributed by atoms with Crippen molar-refractivity contribution in [3.8, 4) is 0 Å². The predicted molar refractivity (Wildman–Crippen MR) is 90.7 cm³/mol. The van der Waals surface area contributed by atoms with E-state index in [4.69, 9.17) is 11.6 Å². The molecule has 3 heteroatoms. The van der Waals surface area contributed by atoms with E-state index in [1.54, 1.807) is 0 Å². The zero-order valence-corrected chi connectivity index (χ0v) is 14.6. The maximum absolute atomic E-state index is 6.46. The topological polar surface area (TPSA) is 12.0 Å². The van der Waals surface area contributed by atoms with Crippen molar-refractivity contribution in [2.45, 2.75) is 26.8 Å². The summed E-state index contributed by atoms with van der Waals surface area (Å²) in [6.45, 7) is 6.33. The molecule has 0 aliphatic heterocycles. The van der Waals surface area contributed by atoms with Crippen molar-refractivity contribution in [3.63, 3.8) is 0 Å². The average molecular weight is 353 g/mol. The van der Waals surface area contributed by atoms with E-state index in [0.717, 1.165) is 15.1 Å². The van der Waals surface area contributed by atoms with Crippen LogP contribution < -0.4 is 5.32 Å². The summed E-state index contributed by atoms with van der Waals surface area (Å²) < 4.78 is 1.10. The second-order valence-corrected chi connectivity index (χ2v) is 6.50. The summed E-state index contributed by atoms with van der Waals surface area (Å²) in [7, 11) is 1.97. The summed E-state index contributed by atoms with van der Waals surface area (Å²) in [5.74, 6) is 0. The molecule has 0 heterocycles. The molecule has 0 aliphatic carbocycles. The molecule has 2 aromatic carbocycles. The minimum Gasteiger partial charge on any atom is -0.309 e. The fourth-order valence-electron chi connectivity index (χ4n) is 2.47. The minimum atomic E-state index is 0.106. The lowest BCUT2D eigenvalue weighted by Crippen LogP contribution is -2.19. The van der Waals surface area contributed by atoms with Gasteiger partial charge in [-0.1, -0.05) is 39.7 Å². The van der Waals surface area contributed by atoms with E-state index in [1.807, 2.05) is 13.1 Å². The van der Waals surface area contributed by atoms with Gasteiger partial charge in [-0.15, -0.1) is 0 Å². The Kier molecular flexibility index (Phi) is 4.90. The Balaban J connectivity index is 2.55. The van der Waals surface area contributed by atoms with Gasteiger partial charge in [-0.3, -0.25) is 0 Å². The van der Waals surface area contributed by atoms with Crippen molar-refractivity contribution in [1.29, 1.82) is 0 Å². The highest BCUT2D eigenvalue weighted by molar-refractivity contribution is 9.10. The predicted octanol–water partition coefficient (Wildman–Crippen LogP) is 5.34. The lowest BCUT2D eigenvalue weighted by molar-refractivity contribution is 0.687. The molecular weight excluding hydrogens is 334 g/mol. The first kappa shape index (κ1) is 15.6. The Bertz CT molecular complexity index is 637. The number of nitrogens with one attached hydrogen (secondary N) is 1. The van der Waals surface area contributed by atoms with Crippen LogP contribution in [0.2, 0.25) is 5.02 Å². The second kappa shape index (κ2) is 6.30.